The third-order valence-electron chi connectivity index (χ3n) is 4.35. The first-order valence-corrected chi connectivity index (χ1v) is 9.93. The fourth-order valence-electron chi connectivity index (χ4n) is 2.13. The van der Waals surface area contributed by atoms with E-state index in [1.54, 1.807) is 7.11 Å². The monoisotopic (exact) mass is 301 g/mol. The highest BCUT2D eigenvalue weighted by atomic mass is 28.4. The summed E-state index contributed by atoms with van der Waals surface area (Å²) in [5.74, 6) is 0. The summed E-state index contributed by atoms with van der Waals surface area (Å²) >= 11 is 0. The Morgan fingerprint density at radius 2 is 1.95 bits per heavy atom. The first-order valence-electron chi connectivity index (χ1n) is 7.02. The molecular weight excluding hydrogens is 274 g/mol. The Bertz CT molecular complexity index is 378. The fraction of sp³-hybridized carbons (Fsp3) is 1.00. The lowest BCUT2D eigenvalue weighted by Crippen LogP contribution is -2.52. The maximum absolute atomic E-state index is 8.70. The lowest BCUT2D eigenvalue weighted by molar-refractivity contribution is -0.197. The van der Waals surface area contributed by atoms with Gasteiger partial charge in [-0.3, -0.25) is 0 Å². The molecule has 0 saturated carbocycles. The predicted octanol–water partition coefficient (Wildman–Crippen LogP) is 3.84. The van der Waals surface area contributed by atoms with Crippen LogP contribution in [0.25, 0.3) is 10.4 Å². The number of rotatable bonds is 4. The van der Waals surface area contributed by atoms with E-state index < -0.39 is 8.32 Å². The number of methoxy groups -OCH3 is 1. The molecular formula is C13H27N3O3Si. The second-order valence-electron chi connectivity index (χ2n) is 6.86. The molecule has 0 N–H and O–H groups in total. The quantitative estimate of drug-likeness (QED) is 0.342. The molecule has 0 aromatic carbocycles. The van der Waals surface area contributed by atoms with Crippen LogP contribution in [-0.4, -0.2) is 40.0 Å². The molecule has 1 rings (SSSR count). The van der Waals surface area contributed by atoms with Gasteiger partial charge in [-0.25, -0.2) is 0 Å². The third kappa shape index (κ3) is 3.96. The highest BCUT2D eigenvalue weighted by molar-refractivity contribution is 6.74. The van der Waals surface area contributed by atoms with Crippen molar-refractivity contribution in [3.05, 3.63) is 10.4 Å². The van der Waals surface area contributed by atoms with Gasteiger partial charge in [0, 0.05) is 18.4 Å². The van der Waals surface area contributed by atoms with Crippen LogP contribution in [0.5, 0.6) is 0 Å². The second-order valence-corrected chi connectivity index (χ2v) is 11.6. The summed E-state index contributed by atoms with van der Waals surface area (Å²) in [5.41, 5.74) is 8.70. The largest absolute Gasteiger partial charge is 0.392 e. The maximum atomic E-state index is 8.70. The van der Waals surface area contributed by atoms with Gasteiger partial charge in [0.2, 0.25) is 0 Å². The second kappa shape index (κ2) is 6.45. The minimum Gasteiger partial charge on any atom is -0.392 e. The molecule has 0 bridgehead atoms. The normalized spacial score (nSPS) is 31.8. The lowest BCUT2D eigenvalue weighted by Gasteiger charge is -2.44. The van der Waals surface area contributed by atoms with E-state index in [1.165, 1.54) is 0 Å². The van der Waals surface area contributed by atoms with Crippen LogP contribution < -0.4 is 0 Å². The molecule has 7 heteroatoms. The van der Waals surface area contributed by atoms with Crippen LogP contribution in [0.15, 0.2) is 5.11 Å². The molecule has 1 heterocycles. The molecule has 0 amide bonds. The zero-order valence-electron chi connectivity index (χ0n) is 13.6. The van der Waals surface area contributed by atoms with E-state index in [0.717, 1.165) is 0 Å². The van der Waals surface area contributed by atoms with Crippen molar-refractivity contribution in [2.45, 2.75) is 76.8 Å². The summed E-state index contributed by atoms with van der Waals surface area (Å²) in [4.78, 5) is 2.92. The summed E-state index contributed by atoms with van der Waals surface area (Å²) in [6.45, 7) is 12.9. The molecule has 0 unspecified atom stereocenters. The summed E-state index contributed by atoms with van der Waals surface area (Å²) in [6.07, 6.45) is -0.156. The van der Waals surface area contributed by atoms with Crippen molar-refractivity contribution >= 4 is 8.32 Å². The summed E-state index contributed by atoms with van der Waals surface area (Å²) in [7, 11) is -0.297. The Morgan fingerprint density at radius 3 is 2.40 bits per heavy atom. The van der Waals surface area contributed by atoms with Gasteiger partial charge in [0.1, 0.15) is 6.29 Å². The topological polar surface area (TPSA) is 76.5 Å². The molecule has 1 fully saturated rings. The standard InChI is InChI=1S/C13H27N3O3Si/c1-9-12(17-5)10(15-16-14)8-11(18-9)19-20(6,7)13(2,3)4/h9-12H,8H2,1-7H3/t9-,10-,11+,12-/m0/s1. The molecule has 0 spiro atoms. The molecule has 6 nitrogen and oxygen atoms in total. The Balaban J connectivity index is 2.82. The summed E-state index contributed by atoms with van der Waals surface area (Å²) < 4.78 is 17.5. The van der Waals surface area contributed by atoms with Crippen molar-refractivity contribution in [2.75, 3.05) is 7.11 Å². The first kappa shape index (κ1) is 17.5. The van der Waals surface area contributed by atoms with Gasteiger partial charge >= 0.3 is 0 Å². The molecule has 1 saturated heterocycles. The van der Waals surface area contributed by atoms with Gasteiger partial charge in [-0.05, 0) is 30.6 Å². The van der Waals surface area contributed by atoms with Crippen molar-refractivity contribution in [1.29, 1.82) is 0 Å². The fourth-order valence-corrected chi connectivity index (χ4v) is 3.29. The minimum absolute atomic E-state index is 0.117. The Morgan fingerprint density at radius 1 is 1.35 bits per heavy atom. The predicted molar refractivity (Wildman–Crippen MR) is 81.0 cm³/mol. The SMILES string of the molecule is CO[C@@H]1[C@@H](N=[N+]=[N-])C[C@@H](O[Si](C)(C)C(C)(C)C)O[C@H]1C. The zero-order valence-corrected chi connectivity index (χ0v) is 14.6. The highest BCUT2D eigenvalue weighted by Gasteiger charge is 2.43. The molecule has 0 aromatic rings. The van der Waals surface area contributed by atoms with E-state index in [-0.39, 0.29) is 29.6 Å². The summed E-state index contributed by atoms with van der Waals surface area (Å²) in [5, 5.41) is 3.96. The van der Waals surface area contributed by atoms with Crippen LogP contribution in [0.2, 0.25) is 18.1 Å². The molecule has 116 valence electrons. The maximum Gasteiger partial charge on any atom is 0.195 e. The van der Waals surface area contributed by atoms with Crippen LogP contribution in [-0.2, 0) is 13.9 Å². The van der Waals surface area contributed by atoms with E-state index in [9.17, 15) is 0 Å². The average molecular weight is 301 g/mol. The molecule has 1 aliphatic rings. The van der Waals surface area contributed by atoms with Crippen molar-refractivity contribution in [3.8, 4) is 0 Å². The number of hydrogen-bond acceptors (Lipinski definition) is 4. The number of hydrogen-bond donors (Lipinski definition) is 0. The average Bonchev–Trinajstić information content (AvgIpc) is 2.27. The number of azide groups is 1. The molecule has 4 atom stereocenters. The van der Waals surface area contributed by atoms with Gasteiger partial charge in [0.05, 0.1) is 18.2 Å². The first-order chi connectivity index (χ1) is 9.12. The van der Waals surface area contributed by atoms with E-state index in [0.29, 0.717) is 6.42 Å². The molecule has 0 aliphatic carbocycles. The smallest absolute Gasteiger partial charge is 0.195 e. The third-order valence-corrected chi connectivity index (χ3v) is 8.81. The van der Waals surface area contributed by atoms with Crippen molar-refractivity contribution in [1.82, 2.24) is 0 Å². The van der Waals surface area contributed by atoms with Crippen LogP contribution in [0.3, 0.4) is 0 Å². The van der Waals surface area contributed by atoms with Crippen molar-refractivity contribution in [2.24, 2.45) is 5.11 Å². The molecule has 20 heavy (non-hydrogen) atoms. The van der Waals surface area contributed by atoms with Crippen LogP contribution >= 0.6 is 0 Å². The van der Waals surface area contributed by atoms with Gasteiger partial charge in [-0.2, -0.15) is 0 Å². The van der Waals surface area contributed by atoms with E-state index in [1.807, 2.05) is 6.92 Å². The van der Waals surface area contributed by atoms with Gasteiger partial charge < -0.3 is 13.9 Å². The highest BCUT2D eigenvalue weighted by Crippen LogP contribution is 2.39. The molecule has 1 aliphatic heterocycles. The van der Waals surface area contributed by atoms with Crippen LogP contribution in [0.1, 0.15) is 34.1 Å². The number of nitrogens with zero attached hydrogens (tertiary/aromatic N) is 3. The Kier molecular flexibility index (Phi) is 5.63. The molecule has 0 aromatic heterocycles. The minimum atomic E-state index is -1.91. The van der Waals surface area contributed by atoms with Gasteiger partial charge in [-0.1, -0.05) is 25.9 Å². The van der Waals surface area contributed by atoms with Gasteiger partial charge in [-0.15, -0.1) is 0 Å². The van der Waals surface area contributed by atoms with Crippen LogP contribution in [0, 0.1) is 0 Å². The van der Waals surface area contributed by atoms with Gasteiger partial charge in [0.15, 0.2) is 8.32 Å². The van der Waals surface area contributed by atoms with Crippen LogP contribution in [0.4, 0.5) is 0 Å². The lowest BCUT2D eigenvalue weighted by atomic mass is 10.0. The van der Waals surface area contributed by atoms with Gasteiger partial charge in [0.25, 0.3) is 0 Å². The molecule has 0 radical (unpaired) electrons. The van der Waals surface area contributed by atoms with E-state index >= 15 is 0 Å². The Labute approximate surface area is 122 Å². The summed E-state index contributed by atoms with van der Waals surface area (Å²) in [6, 6.07) is -0.247. The zero-order chi connectivity index (χ0) is 15.6. The Hall–Kier alpha value is -0.593. The number of ether oxygens (including phenoxy) is 2. The van der Waals surface area contributed by atoms with E-state index in [2.05, 4.69) is 43.9 Å². The van der Waals surface area contributed by atoms with Crippen molar-refractivity contribution < 1.29 is 13.9 Å². The van der Waals surface area contributed by atoms with Crippen molar-refractivity contribution in [3.63, 3.8) is 0 Å². The van der Waals surface area contributed by atoms with E-state index in [4.69, 9.17) is 19.4 Å².